The minimum absolute atomic E-state index is 0.166. The van der Waals surface area contributed by atoms with Gasteiger partial charge in [-0.1, -0.05) is 30.3 Å². The van der Waals surface area contributed by atoms with Crippen LogP contribution in [0.5, 0.6) is 0 Å². The molecular weight excluding hydrogens is 276 g/mol. The third-order valence-corrected chi connectivity index (χ3v) is 4.86. The van der Waals surface area contributed by atoms with Crippen LogP contribution in [0.3, 0.4) is 0 Å². The predicted molar refractivity (Wildman–Crippen MR) is 87.0 cm³/mol. The highest BCUT2D eigenvalue weighted by Gasteiger charge is 2.48. The standard InChI is InChI=1S/C18H26N2O2/c1-17(2,3)22-16(21)20-12-10-18(9-11-19-15(18)13-20)14-7-5-4-6-8-14/h4-8,15,19H,9-13H2,1-3H3. The third kappa shape index (κ3) is 2.84. The maximum atomic E-state index is 12.3. The van der Waals surface area contributed by atoms with Crippen LogP contribution in [0.1, 0.15) is 39.2 Å². The number of carbonyl (C=O) groups is 1. The van der Waals surface area contributed by atoms with E-state index in [0.717, 1.165) is 32.5 Å². The van der Waals surface area contributed by atoms with Crippen LogP contribution in [0.2, 0.25) is 0 Å². The van der Waals surface area contributed by atoms with Crippen molar-refractivity contribution >= 4 is 6.09 Å². The smallest absolute Gasteiger partial charge is 0.410 e. The summed E-state index contributed by atoms with van der Waals surface area (Å²) in [5.41, 5.74) is 1.13. The van der Waals surface area contributed by atoms with E-state index >= 15 is 0 Å². The van der Waals surface area contributed by atoms with Gasteiger partial charge in [-0.2, -0.15) is 0 Å². The summed E-state index contributed by atoms with van der Waals surface area (Å²) in [6.07, 6.45) is 1.94. The van der Waals surface area contributed by atoms with Gasteiger partial charge in [0.05, 0.1) is 0 Å². The molecule has 120 valence electrons. The average molecular weight is 302 g/mol. The highest BCUT2D eigenvalue weighted by Crippen LogP contribution is 2.41. The van der Waals surface area contributed by atoms with E-state index in [2.05, 4.69) is 35.6 Å². The summed E-state index contributed by atoms with van der Waals surface area (Å²) in [6, 6.07) is 11.1. The molecule has 1 aromatic carbocycles. The zero-order chi connectivity index (χ0) is 15.8. The molecule has 4 nitrogen and oxygen atoms in total. The number of nitrogens with one attached hydrogen (secondary N) is 1. The first kappa shape index (κ1) is 15.3. The molecule has 2 aliphatic rings. The Morgan fingerprint density at radius 1 is 1.27 bits per heavy atom. The van der Waals surface area contributed by atoms with Crippen LogP contribution in [-0.2, 0) is 10.2 Å². The summed E-state index contributed by atoms with van der Waals surface area (Å²) in [4.78, 5) is 14.2. The summed E-state index contributed by atoms with van der Waals surface area (Å²) in [6.45, 7) is 8.25. The van der Waals surface area contributed by atoms with Crippen molar-refractivity contribution in [2.75, 3.05) is 19.6 Å². The molecule has 0 saturated carbocycles. The van der Waals surface area contributed by atoms with Crippen molar-refractivity contribution in [3.8, 4) is 0 Å². The van der Waals surface area contributed by atoms with Gasteiger partial charge in [0.2, 0.25) is 0 Å². The van der Waals surface area contributed by atoms with Crippen molar-refractivity contribution in [2.24, 2.45) is 0 Å². The third-order valence-electron chi connectivity index (χ3n) is 4.86. The number of nitrogens with zero attached hydrogens (tertiary/aromatic N) is 1. The van der Waals surface area contributed by atoms with Crippen LogP contribution < -0.4 is 5.32 Å². The number of piperidine rings is 1. The minimum Gasteiger partial charge on any atom is -0.444 e. The normalized spacial score (nSPS) is 28.3. The maximum Gasteiger partial charge on any atom is 0.410 e. The second kappa shape index (κ2) is 5.58. The number of ether oxygens (including phenoxy) is 1. The van der Waals surface area contributed by atoms with Gasteiger partial charge in [-0.3, -0.25) is 0 Å². The highest BCUT2D eigenvalue weighted by atomic mass is 16.6. The molecule has 1 N–H and O–H groups in total. The molecule has 4 heteroatoms. The van der Waals surface area contributed by atoms with E-state index < -0.39 is 5.60 Å². The van der Waals surface area contributed by atoms with Gasteiger partial charge in [-0.05, 0) is 45.7 Å². The molecule has 3 rings (SSSR count). The molecular formula is C18H26N2O2. The molecule has 2 unspecified atom stereocenters. The Labute approximate surface area is 132 Å². The Balaban J connectivity index is 1.76. The lowest BCUT2D eigenvalue weighted by Gasteiger charge is -2.44. The molecule has 0 aromatic heterocycles. The van der Waals surface area contributed by atoms with E-state index in [9.17, 15) is 4.79 Å². The van der Waals surface area contributed by atoms with Crippen LogP contribution in [0.15, 0.2) is 30.3 Å². The fourth-order valence-electron chi connectivity index (χ4n) is 3.78. The fourth-order valence-corrected chi connectivity index (χ4v) is 3.78. The van der Waals surface area contributed by atoms with Crippen molar-refractivity contribution < 1.29 is 9.53 Å². The molecule has 2 aliphatic heterocycles. The van der Waals surface area contributed by atoms with Gasteiger partial charge < -0.3 is 15.0 Å². The van der Waals surface area contributed by atoms with Crippen molar-refractivity contribution in [3.05, 3.63) is 35.9 Å². The molecule has 22 heavy (non-hydrogen) atoms. The van der Waals surface area contributed by atoms with Crippen LogP contribution in [0.4, 0.5) is 4.79 Å². The van der Waals surface area contributed by atoms with E-state index in [1.54, 1.807) is 0 Å². The van der Waals surface area contributed by atoms with Crippen LogP contribution >= 0.6 is 0 Å². The van der Waals surface area contributed by atoms with Gasteiger partial charge in [0.25, 0.3) is 0 Å². The van der Waals surface area contributed by atoms with Gasteiger partial charge >= 0.3 is 6.09 Å². The second-order valence-electron chi connectivity index (χ2n) is 7.46. The van der Waals surface area contributed by atoms with Crippen molar-refractivity contribution in [3.63, 3.8) is 0 Å². The molecule has 2 heterocycles. The summed E-state index contributed by atoms with van der Waals surface area (Å²) in [7, 11) is 0. The van der Waals surface area contributed by atoms with Gasteiger partial charge in [-0.15, -0.1) is 0 Å². The fraction of sp³-hybridized carbons (Fsp3) is 0.611. The first-order chi connectivity index (χ1) is 10.4. The molecule has 0 spiro atoms. The molecule has 2 saturated heterocycles. The highest BCUT2D eigenvalue weighted by molar-refractivity contribution is 5.68. The Kier molecular flexibility index (Phi) is 3.89. The quantitative estimate of drug-likeness (QED) is 0.867. The largest absolute Gasteiger partial charge is 0.444 e. The maximum absolute atomic E-state index is 12.3. The van der Waals surface area contributed by atoms with Crippen molar-refractivity contribution in [1.29, 1.82) is 0 Å². The van der Waals surface area contributed by atoms with Crippen LogP contribution in [0, 0.1) is 0 Å². The molecule has 1 aromatic rings. The molecule has 0 radical (unpaired) electrons. The number of hydrogen-bond donors (Lipinski definition) is 1. The molecule has 0 aliphatic carbocycles. The SMILES string of the molecule is CC(C)(C)OC(=O)N1CCC2(c3ccccc3)CCNC2C1. The zero-order valence-corrected chi connectivity index (χ0v) is 13.8. The lowest BCUT2D eigenvalue weighted by Crippen LogP contribution is -2.56. The van der Waals surface area contributed by atoms with E-state index in [-0.39, 0.29) is 11.5 Å². The van der Waals surface area contributed by atoms with Crippen LogP contribution in [0.25, 0.3) is 0 Å². The summed E-state index contributed by atoms with van der Waals surface area (Å²) >= 11 is 0. The Hall–Kier alpha value is -1.55. The van der Waals surface area contributed by atoms with Gasteiger partial charge in [0, 0.05) is 24.5 Å². The van der Waals surface area contributed by atoms with E-state index in [0.29, 0.717) is 6.04 Å². The monoisotopic (exact) mass is 302 g/mol. The number of amides is 1. The lowest BCUT2D eigenvalue weighted by atomic mass is 9.70. The minimum atomic E-state index is -0.436. The second-order valence-corrected chi connectivity index (χ2v) is 7.46. The first-order valence-electron chi connectivity index (χ1n) is 8.18. The number of carbonyl (C=O) groups excluding carboxylic acids is 1. The summed E-state index contributed by atoms with van der Waals surface area (Å²) < 4.78 is 5.52. The van der Waals surface area contributed by atoms with Crippen molar-refractivity contribution in [1.82, 2.24) is 10.2 Å². The Morgan fingerprint density at radius 2 is 2.00 bits per heavy atom. The van der Waals surface area contributed by atoms with E-state index in [1.807, 2.05) is 25.7 Å². The Morgan fingerprint density at radius 3 is 2.68 bits per heavy atom. The van der Waals surface area contributed by atoms with E-state index in [1.165, 1.54) is 5.56 Å². The molecule has 1 amide bonds. The summed E-state index contributed by atoms with van der Waals surface area (Å²) in [5.74, 6) is 0. The molecule has 0 bridgehead atoms. The topological polar surface area (TPSA) is 41.6 Å². The van der Waals surface area contributed by atoms with Gasteiger partial charge in [0.15, 0.2) is 0 Å². The zero-order valence-electron chi connectivity index (χ0n) is 13.8. The number of likely N-dealkylation sites (tertiary alicyclic amines) is 1. The predicted octanol–water partition coefficient (Wildman–Crippen LogP) is 2.93. The molecule has 2 fully saturated rings. The van der Waals surface area contributed by atoms with E-state index in [4.69, 9.17) is 4.74 Å². The van der Waals surface area contributed by atoms with Gasteiger partial charge in [0.1, 0.15) is 5.60 Å². The van der Waals surface area contributed by atoms with Crippen LogP contribution in [-0.4, -0.2) is 42.3 Å². The van der Waals surface area contributed by atoms with Crippen molar-refractivity contribution in [2.45, 2.75) is 50.7 Å². The summed E-state index contributed by atoms with van der Waals surface area (Å²) in [5, 5.41) is 3.60. The Bertz CT molecular complexity index is 538. The molecule has 2 atom stereocenters. The number of hydrogen-bond acceptors (Lipinski definition) is 3. The van der Waals surface area contributed by atoms with Gasteiger partial charge in [-0.25, -0.2) is 4.79 Å². The number of fused-ring (bicyclic) bond motifs is 1. The number of rotatable bonds is 1. The number of benzene rings is 1. The lowest BCUT2D eigenvalue weighted by molar-refractivity contribution is 0.0140. The average Bonchev–Trinajstić information content (AvgIpc) is 2.90. The first-order valence-corrected chi connectivity index (χ1v) is 8.18.